The highest BCUT2D eigenvalue weighted by atomic mass is 15.4. The van der Waals surface area contributed by atoms with Gasteiger partial charge in [-0.25, -0.2) is 9.97 Å². The zero-order chi connectivity index (χ0) is 22.2. The summed E-state index contributed by atoms with van der Waals surface area (Å²) in [7, 11) is 0. The zero-order valence-electron chi connectivity index (χ0n) is 20.9. The molecule has 0 amide bonds. The summed E-state index contributed by atoms with van der Waals surface area (Å²) in [5.74, 6) is 3.44. The molecule has 4 fully saturated rings. The molecule has 0 spiro atoms. The van der Waals surface area contributed by atoms with Gasteiger partial charge in [0.1, 0.15) is 0 Å². The Bertz CT molecular complexity index is 717. The SMILES string of the molecule is CC(C)N1CC2CCC(C1)N2c1ncc(C2CCN([C@H]3CC[C@H](C(C)C)CC3)CC2)cn1. The molecule has 4 heterocycles. The average molecular weight is 440 g/mol. The summed E-state index contributed by atoms with van der Waals surface area (Å²) in [4.78, 5) is 17.8. The van der Waals surface area contributed by atoms with E-state index in [-0.39, 0.29) is 0 Å². The van der Waals surface area contributed by atoms with E-state index in [0.29, 0.717) is 24.0 Å². The fraction of sp³-hybridized carbons (Fsp3) is 0.852. The highest BCUT2D eigenvalue weighted by Crippen LogP contribution is 2.37. The van der Waals surface area contributed by atoms with Crippen LogP contribution in [0.3, 0.4) is 0 Å². The number of hydrogen-bond donors (Lipinski definition) is 0. The second-order valence-electron chi connectivity index (χ2n) is 11.8. The molecule has 0 aromatic carbocycles. The van der Waals surface area contributed by atoms with Crippen molar-refractivity contribution in [3.8, 4) is 0 Å². The Hall–Kier alpha value is -1.20. The molecule has 3 aliphatic heterocycles. The summed E-state index contributed by atoms with van der Waals surface area (Å²) in [6.07, 6.45) is 15.1. The molecule has 2 bridgehead atoms. The van der Waals surface area contributed by atoms with Crippen LogP contribution in [0.1, 0.15) is 90.5 Å². The van der Waals surface area contributed by atoms with Gasteiger partial charge in [-0.2, -0.15) is 0 Å². The Morgan fingerprint density at radius 2 is 1.31 bits per heavy atom. The van der Waals surface area contributed by atoms with E-state index in [1.807, 2.05) is 0 Å². The molecule has 5 rings (SSSR count). The number of aromatic nitrogens is 2. The van der Waals surface area contributed by atoms with Crippen LogP contribution in [0.15, 0.2) is 12.4 Å². The molecule has 2 unspecified atom stereocenters. The molecule has 32 heavy (non-hydrogen) atoms. The molecule has 3 saturated heterocycles. The Balaban J connectivity index is 1.14. The van der Waals surface area contributed by atoms with Crippen LogP contribution in [0.4, 0.5) is 5.95 Å². The van der Waals surface area contributed by atoms with Crippen molar-refractivity contribution >= 4 is 5.95 Å². The molecular formula is C27H45N5. The normalized spacial score (nSPS) is 32.9. The number of likely N-dealkylation sites (tertiary alicyclic amines) is 2. The summed E-state index contributed by atoms with van der Waals surface area (Å²) in [6, 6.07) is 2.66. The lowest BCUT2D eigenvalue weighted by Crippen LogP contribution is -2.56. The van der Waals surface area contributed by atoms with E-state index in [4.69, 9.17) is 9.97 Å². The van der Waals surface area contributed by atoms with Crippen LogP contribution in [-0.2, 0) is 0 Å². The van der Waals surface area contributed by atoms with Gasteiger partial charge in [-0.05, 0) is 102 Å². The van der Waals surface area contributed by atoms with Crippen LogP contribution >= 0.6 is 0 Å². The maximum atomic E-state index is 4.90. The molecule has 1 aromatic heterocycles. The van der Waals surface area contributed by atoms with Gasteiger partial charge in [0.05, 0.1) is 0 Å². The third-order valence-corrected chi connectivity index (χ3v) is 9.33. The van der Waals surface area contributed by atoms with Crippen LogP contribution in [0.2, 0.25) is 0 Å². The van der Waals surface area contributed by atoms with Crippen LogP contribution < -0.4 is 4.90 Å². The fourth-order valence-corrected chi connectivity index (χ4v) is 7.09. The van der Waals surface area contributed by atoms with Crippen molar-refractivity contribution in [3.63, 3.8) is 0 Å². The van der Waals surface area contributed by atoms with Crippen LogP contribution in [0, 0.1) is 11.8 Å². The minimum Gasteiger partial charge on any atom is -0.332 e. The van der Waals surface area contributed by atoms with E-state index in [0.717, 1.165) is 36.9 Å². The molecule has 0 radical (unpaired) electrons. The second kappa shape index (κ2) is 9.58. The zero-order valence-corrected chi connectivity index (χ0v) is 20.9. The first-order valence-corrected chi connectivity index (χ1v) is 13.6. The van der Waals surface area contributed by atoms with Gasteiger partial charge in [0.2, 0.25) is 5.95 Å². The third kappa shape index (κ3) is 4.57. The van der Waals surface area contributed by atoms with Gasteiger partial charge in [-0.15, -0.1) is 0 Å². The average Bonchev–Trinajstić information content (AvgIpc) is 3.08. The fourth-order valence-electron chi connectivity index (χ4n) is 7.09. The van der Waals surface area contributed by atoms with E-state index < -0.39 is 0 Å². The minimum absolute atomic E-state index is 0.594. The largest absolute Gasteiger partial charge is 0.332 e. The number of piperazine rings is 1. The molecular weight excluding hydrogens is 394 g/mol. The summed E-state index contributed by atoms with van der Waals surface area (Å²) in [5, 5.41) is 0. The van der Waals surface area contributed by atoms with Gasteiger partial charge in [0.15, 0.2) is 0 Å². The molecule has 0 N–H and O–H groups in total. The van der Waals surface area contributed by atoms with Crippen molar-refractivity contribution in [3.05, 3.63) is 18.0 Å². The lowest BCUT2D eigenvalue weighted by Gasteiger charge is -2.43. The summed E-state index contributed by atoms with van der Waals surface area (Å²) in [6.45, 7) is 14.3. The van der Waals surface area contributed by atoms with Gasteiger partial charge < -0.3 is 9.80 Å². The Morgan fingerprint density at radius 1 is 0.750 bits per heavy atom. The van der Waals surface area contributed by atoms with Gasteiger partial charge >= 0.3 is 0 Å². The summed E-state index contributed by atoms with van der Waals surface area (Å²) < 4.78 is 0. The van der Waals surface area contributed by atoms with Crippen molar-refractivity contribution in [2.75, 3.05) is 31.1 Å². The highest BCUT2D eigenvalue weighted by molar-refractivity contribution is 5.38. The van der Waals surface area contributed by atoms with Gasteiger partial charge in [0.25, 0.3) is 0 Å². The van der Waals surface area contributed by atoms with Gasteiger partial charge in [0, 0.05) is 49.7 Å². The molecule has 4 aliphatic rings. The number of hydrogen-bond acceptors (Lipinski definition) is 5. The van der Waals surface area contributed by atoms with Crippen molar-refractivity contribution in [1.29, 1.82) is 0 Å². The Labute approximate surface area is 196 Å². The Kier molecular flexibility index (Phi) is 6.76. The molecule has 5 nitrogen and oxygen atoms in total. The Morgan fingerprint density at radius 3 is 1.84 bits per heavy atom. The van der Waals surface area contributed by atoms with Crippen LogP contribution in [-0.4, -0.2) is 70.1 Å². The number of rotatable bonds is 5. The van der Waals surface area contributed by atoms with E-state index in [1.165, 1.54) is 70.0 Å². The highest BCUT2D eigenvalue weighted by Gasteiger charge is 2.41. The maximum absolute atomic E-state index is 4.90. The topological polar surface area (TPSA) is 35.5 Å². The van der Waals surface area contributed by atoms with Crippen LogP contribution in [0.5, 0.6) is 0 Å². The molecule has 1 aromatic rings. The first-order chi connectivity index (χ1) is 15.5. The standard InChI is InChI=1S/C27H45N5/c1-19(2)21-5-7-24(8-6-21)30-13-11-22(12-14-30)23-15-28-27(29-16-23)32-25-9-10-26(32)18-31(17-25)20(3)4/h15-16,19-22,24-26H,5-14,17-18H2,1-4H3/t21-,24-,25?,26?. The monoisotopic (exact) mass is 439 g/mol. The van der Waals surface area contributed by atoms with Crippen molar-refractivity contribution in [1.82, 2.24) is 19.8 Å². The van der Waals surface area contributed by atoms with E-state index in [2.05, 4.69) is 54.8 Å². The lowest BCUT2D eigenvalue weighted by molar-refractivity contribution is 0.0981. The number of piperidine rings is 1. The molecule has 178 valence electrons. The third-order valence-electron chi connectivity index (χ3n) is 9.33. The lowest BCUT2D eigenvalue weighted by atomic mass is 9.78. The molecule has 1 saturated carbocycles. The quantitative estimate of drug-likeness (QED) is 0.650. The predicted octanol–water partition coefficient (Wildman–Crippen LogP) is 4.93. The molecule has 5 heteroatoms. The number of anilines is 1. The minimum atomic E-state index is 0.594. The van der Waals surface area contributed by atoms with Crippen molar-refractivity contribution < 1.29 is 0 Å². The van der Waals surface area contributed by atoms with Gasteiger partial charge in [-0.3, -0.25) is 4.90 Å². The second-order valence-corrected chi connectivity index (χ2v) is 11.8. The van der Waals surface area contributed by atoms with E-state index >= 15 is 0 Å². The molecule has 1 aliphatic carbocycles. The predicted molar refractivity (Wildman–Crippen MR) is 132 cm³/mol. The van der Waals surface area contributed by atoms with Crippen molar-refractivity contribution in [2.45, 2.75) is 109 Å². The summed E-state index contributed by atoms with van der Waals surface area (Å²) in [5.41, 5.74) is 1.37. The summed E-state index contributed by atoms with van der Waals surface area (Å²) >= 11 is 0. The number of fused-ring (bicyclic) bond motifs is 2. The van der Waals surface area contributed by atoms with E-state index in [9.17, 15) is 0 Å². The maximum Gasteiger partial charge on any atom is 0.225 e. The van der Waals surface area contributed by atoms with Crippen LogP contribution in [0.25, 0.3) is 0 Å². The first kappa shape index (κ1) is 22.6. The molecule has 2 atom stereocenters. The van der Waals surface area contributed by atoms with Gasteiger partial charge in [-0.1, -0.05) is 13.8 Å². The number of nitrogens with zero attached hydrogens (tertiary/aromatic N) is 5. The smallest absolute Gasteiger partial charge is 0.225 e. The van der Waals surface area contributed by atoms with E-state index in [1.54, 1.807) is 0 Å². The first-order valence-electron chi connectivity index (χ1n) is 13.6. The van der Waals surface area contributed by atoms with Crippen molar-refractivity contribution in [2.24, 2.45) is 11.8 Å².